The fraction of sp³-hybridized carbons (Fsp3) is 0.400. The van der Waals surface area contributed by atoms with Crippen molar-refractivity contribution < 1.29 is 0 Å². The molecule has 0 fully saturated rings. The molecule has 0 heterocycles. The van der Waals surface area contributed by atoms with Gasteiger partial charge in [0.15, 0.2) is 0 Å². The summed E-state index contributed by atoms with van der Waals surface area (Å²) in [6.07, 6.45) is 2.17. The van der Waals surface area contributed by atoms with Crippen LogP contribution in [-0.2, 0) is 18.3 Å². The lowest BCUT2D eigenvalue weighted by molar-refractivity contribution is -0.0290. The van der Waals surface area contributed by atoms with Gasteiger partial charge in [0.2, 0.25) is 0 Å². The van der Waals surface area contributed by atoms with Crippen molar-refractivity contribution >= 4 is 0 Å². The molecule has 3 aromatic rings. The second-order valence-corrected chi connectivity index (χ2v) is 10.3. The van der Waals surface area contributed by atoms with Crippen molar-refractivity contribution in [1.29, 1.82) is 0 Å². The Bertz CT molecular complexity index is 906. The first-order valence-electron chi connectivity index (χ1n) is 11.3. The highest BCUT2D eigenvalue weighted by Gasteiger charge is 2.53. The van der Waals surface area contributed by atoms with E-state index in [0.717, 1.165) is 12.8 Å². The smallest absolute Gasteiger partial charge is 0.00470 e. The highest BCUT2D eigenvalue weighted by Crippen LogP contribution is 2.57. The van der Waals surface area contributed by atoms with Crippen LogP contribution in [0.2, 0.25) is 0 Å². The molecule has 0 radical (unpaired) electrons. The molecule has 0 spiro atoms. The summed E-state index contributed by atoms with van der Waals surface area (Å²) in [5.41, 5.74) is 4.47. The van der Waals surface area contributed by atoms with Gasteiger partial charge in [-0.2, -0.15) is 0 Å². The minimum Gasteiger partial charge on any atom is -0.0622 e. The van der Waals surface area contributed by atoms with Crippen LogP contribution >= 0.6 is 0 Å². The molecule has 0 aromatic heterocycles. The van der Waals surface area contributed by atoms with E-state index in [1.807, 2.05) is 0 Å². The van der Waals surface area contributed by atoms with E-state index >= 15 is 0 Å². The van der Waals surface area contributed by atoms with E-state index in [9.17, 15) is 0 Å². The zero-order chi connectivity index (χ0) is 21.8. The lowest BCUT2D eigenvalue weighted by Crippen LogP contribution is -2.53. The number of rotatable bonds is 8. The Balaban J connectivity index is 2.05. The number of hydrogen-bond donors (Lipinski definition) is 0. The van der Waals surface area contributed by atoms with Gasteiger partial charge < -0.3 is 0 Å². The first kappa shape index (κ1) is 22.3. The van der Waals surface area contributed by atoms with E-state index < -0.39 is 0 Å². The summed E-state index contributed by atoms with van der Waals surface area (Å²) in [6.45, 7) is 14.8. The summed E-state index contributed by atoms with van der Waals surface area (Å²) in [6, 6.07) is 33.1. The average molecular weight is 399 g/mol. The second kappa shape index (κ2) is 8.80. The molecule has 0 N–H and O–H groups in total. The third-order valence-corrected chi connectivity index (χ3v) is 8.37. The molecule has 0 nitrogen and oxygen atoms in total. The molecule has 30 heavy (non-hydrogen) atoms. The van der Waals surface area contributed by atoms with Gasteiger partial charge in [0.1, 0.15) is 0 Å². The van der Waals surface area contributed by atoms with E-state index in [4.69, 9.17) is 0 Å². The van der Waals surface area contributed by atoms with Gasteiger partial charge >= 0.3 is 0 Å². The lowest BCUT2D eigenvalue weighted by Gasteiger charge is -2.57. The van der Waals surface area contributed by atoms with E-state index in [1.165, 1.54) is 16.7 Å². The summed E-state index contributed by atoms with van der Waals surface area (Å²) in [5.74, 6) is 0.526. The van der Waals surface area contributed by atoms with Crippen molar-refractivity contribution in [3.8, 4) is 0 Å². The molecule has 3 aromatic carbocycles. The zero-order valence-corrected chi connectivity index (χ0v) is 19.7. The molecule has 2 atom stereocenters. The van der Waals surface area contributed by atoms with Crippen LogP contribution in [0.5, 0.6) is 0 Å². The Morgan fingerprint density at radius 3 is 1.53 bits per heavy atom. The SMILES string of the molecule is CC(Cc1ccccc1)C(C)(Cc1ccccc1)C(C)(C)C(C)(C)c1ccccc1. The largest absolute Gasteiger partial charge is 0.0622 e. The molecule has 0 heteroatoms. The van der Waals surface area contributed by atoms with Crippen LogP contribution in [0.4, 0.5) is 0 Å². The van der Waals surface area contributed by atoms with Crippen LogP contribution in [0.25, 0.3) is 0 Å². The van der Waals surface area contributed by atoms with Gasteiger partial charge in [0.25, 0.3) is 0 Å². The number of benzene rings is 3. The highest BCUT2D eigenvalue weighted by molar-refractivity contribution is 5.29. The van der Waals surface area contributed by atoms with Crippen LogP contribution in [0.3, 0.4) is 0 Å². The quantitative estimate of drug-likeness (QED) is 0.359. The summed E-state index contributed by atoms with van der Waals surface area (Å²) in [7, 11) is 0. The first-order valence-corrected chi connectivity index (χ1v) is 11.3. The first-order chi connectivity index (χ1) is 14.2. The summed E-state index contributed by atoms with van der Waals surface area (Å²) < 4.78 is 0. The van der Waals surface area contributed by atoms with Crippen LogP contribution in [-0.4, -0.2) is 0 Å². The van der Waals surface area contributed by atoms with Gasteiger partial charge in [-0.3, -0.25) is 0 Å². The Kier molecular flexibility index (Phi) is 6.56. The molecule has 0 bridgehead atoms. The van der Waals surface area contributed by atoms with Crippen molar-refractivity contribution in [1.82, 2.24) is 0 Å². The molecule has 2 unspecified atom stereocenters. The minimum absolute atomic E-state index is 0.0305. The summed E-state index contributed by atoms with van der Waals surface area (Å²) in [4.78, 5) is 0. The van der Waals surface area contributed by atoms with E-state index in [2.05, 4.69) is 133 Å². The van der Waals surface area contributed by atoms with Crippen LogP contribution in [0.1, 0.15) is 58.2 Å². The number of hydrogen-bond acceptors (Lipinski definition) is 0. The Hall–Kier alpha value is -2.34. The predicted octanol–water partition coefficient (Wildman–Crippen LogP) is 8.12. The molecular weight excluding hydrogens is 360 g/mol. The third-order valence-electron chi connectivity index (χ3n) is 8.37. The topological polar surface area (TPSA) is 0 Å². The summed E-state index contributed by atoms with van der Waals surface area (Å²) in [5, 5.41) is 0. The molecule has 0 aliphatic rings. The maximum atomic E-state index is 2.53. The Morgan fingerprint density at radius 1 is 0.600 bits per heavy atom. The van der Waals surface area contributed by atoms with Crippen molar-refractivity contribution in [2.75, 3.05) is 0 Å². The maximum Gasteiger partial charge on any atom is -0.00470 e. The van der Waals surface area contributed by atoms with E-state index in [-0.39, 0.29) is 16.2 Å². The maximum absolute atomic E-state index is 2.53. The van der Waals surface area contributed by atoms with Crippen molar-refractivity contribution in [2.45, 2.75) is 59.8 Å². The van der Waals surface area contributed by atoms with Gasteiger partial charge in [0, 0.05) is 0 Å². The summed E-state index contributed by atoms with van der Waals surface area (Å²) >= 11 is 0. The van der Waals surface area contributed by atoms with Crippen LogP contribution in [0, 0.1) is 16.7 Å². The standard InChI is InChI=1S/C30H38/c1-24(22-25-16-10-7-11-17-25)30(6,23-26-18-12-8-13-19-26)29(4,5)28(2,3)27-20-14-9-15-21-27/h7-21,24H,22-23H2,1-6H3. The Labute approximate surface area is 184 Å². The molecular formula is C30H38. The normalized spacial score (nSPS) is 15.4. The third kappa shape index (κ3) is 4.24. The molecule has 0 saturated heterocycles. The van der Waals surface area contributed by atoms with Crippen LogP contribution in [0.15, 0.2) is 91.0 Å². The van der Waals surface area contributed by atoms with E-state index in [1.54, 1.807) is 0 Å². The minimum atomic E-state index is 0.0305. The van der Waals surface area contributed by atoms with Crippen molar-refractivity contribution in [2.24, 2.45) is 16.7 Å². The van der Waals surface area contributed by atoms with Crippen molar-refractivity contribution in [3.05, 3.63) is 108 Å². The van der Waals surface area contributed by atoms with Gasteiger partial charge in [-0.1, -0.05) is 133 Å². The van der Waals surface area contributed by atoms with Gasteiger partial charge in [-0.05, 0) is 51.7 Å². The monoisotopic (exact) mass is 398 g/mol. The van der Waals surface area contributed by atoms with Gasteiger partial charge in [0.05, 0.1) is 0 Å². The zero-order valence-electron chi connectivity index (χ0n) is 19.7. The Morgan fingerprint density at radius 2 is 1.03 bits per heavy atom. The van der Waals surface area contributed by atoms with Gasteiger partial charge in [-0.15, -0.1) is 0 Å². The average Bonchev–Trinajstić information content (AvgIpc) is 2.75. The lowest BCUT2D eigenvalue weighted by atomic mass is 9.47. The molecule has 3 rings (SSSR count). The van der Waals surface area contributed by atoms with Gasteiger partial charge in [-0.25, -0.2) is 0 Å². The fourth-order valence-electron chi connectivity index (χ4n) is 5.15. The molecule has 0 aliphatic carbocycles. The molecule has 0 aliphatic heterocycles. The molecule has 0 saturated carbocycles. The van der Waals surface area contributed by atoms with Crippen molar-refractivity contribution in [3.63, 3.8) is 0 Å². The highest BCUT2D eigenvalue weighted by atomic mass is 14.6. The molecule has 0 amide bonds. The second-order valence-electron chi connectivity index (χ2n) is 10.3. The van der Waals surface area contributed by atoms with E-state index in [0.29, 0.717) is 5.92 Å². The predicted molar refractivity (Wildman–Crippen MR) is 131 cm³/mol. The fourth-order valence-corrected chi connectivity index (χ4v) is 5.15. The van der Waals surface area contributed by atoms with Crippen LogP contribution < -0.4 is 0 Å². The molecule has 158 valence electrons.